The molecule has 1 saturated heterocycles. The molecular weight excluding hydrogens is 380 g/mol. The molecule has 3 aromatic rings. The molecule has 1 aliphatic rings. The van der Waals surface area contributed by atoms with Gasteiger partial charge in [-0.1, -0.05) is 32.0 Å². The van der Waals surface area contributed by atoms with Gasteiger partial charge < -0.3 is 19.2 Å². The standard InChI is InChI=1S/C23H30N4O3/c1-14(24-15(2)28)20-11-19(26-30-20)17-12-27(13-17)22-25-18-7-6-16(10-21(18)29-22)8-9-23(3,4)5/h6-7,10-11,14,17H,8-9,12-13H2,1-5H3,(H,24,28)/t14-/m0/s1. The molecule has 1 fully saturated rings. The lowest BCUT2D eigenvalue weighted by Gasteiger charge is -2.36. The topological polar surface area (TPSA) is 84.4 Å². The minimum absolute atomic E-state index is 0.0900. The van der Waals surface area contributed by atoms with Crippen LogP contribution in [-0.4, -0.2) is 29.1 Å². The van der Waals surface area contributed by atoms with Crippen molar-refractivity contribution in [2.24, 2.45) is 5.41 Å². The first-order valence-electron chi connectivity index (χ1n) is 10.6. The number of aryl methyl sites for hydroxylation is 1. The normalized spacial score (nSPS) is 16.0. The lowest BCUT2D eigenvalue weighted by atomic mass is 9.89. The number of rotatable bonds is 6. The molecule has 0 bridgehead atoms. The molecule has 1 aromatic carbocycles. The second-order valence-corrected chi connectivity index (χ2v) is 9.54. The first kappa shape index (κ1) is 20.4. The Morgan fingerprint density at radius 2 is 2.07 bits per heavy atom. The van der Waals surface area contributed by atoms with E-state index in [1.807, 2.05) is 19.1 Å². The number of anilines is 1. The quantitative estimate of drug-likeness (QED) is 0.639. The first-order valence-corrected chi connectivity index (χ1v) is 10.6. The summed E-state index contributed by atoms with van der Waals surface area (Å²) in [6.45, 7) is 11.7. The van der Waals surface area contributed by atoms with Gasteiger partial charge in [0.05, 0.1) is 11.7 Å². The highest BCUT2D eigenvalue weighted by Crippen LogP contribution is 2.34. The largest absolute Gasteiger partial charge is 0.423 e. The molecule has 0 spiro atoms. The smallest absolute Gasteiger partial charge is 0.298 e. The average molecular weight is 411 g/mol. The molecule has 7 heteroatoms. The van der Waals surface area contributed by atoms with Crippen LogP contribution in [0, 0.1) is 5.41 Å². The minimum atomic E-state index is -0.190. The maximum atomic E-state index is 11.2. The van der Waals surface area contributed by atoms with E-state index in [2.05, 4.69) is 53.3 Å². The molecule has 160 valence electrons. The number of oxazole rings is 1. The number of carbonyl (C=O) groups excluding carboxylic acids is 1. The van der Waals surface area contributed by atoms with Crippen molar-refractivity contribution in [3.63, 3.8) is 0 Å². The second kappa shape index (κ2) is 7.78. The lowest BCUT2D eigenvalue weighted by molar-refractivity contribution is -0.119. The fourth-order valence-electron chi connectivity index (χ4n) is 3.67. The van der Waals surface area contributed by atoms with E-state index in [1.165, 1.54) is 12.5 Å². The Morgan fingerprint density at radius 3 is 2.77 bits per heavy atom. The number of nitrogens with one attached hydrogen (secondary N) is 1. The van der Waals surface area contributed by atoms with Crippen molar-refractivity contribution in [2.45, 2.75) is 59.4 Å². The van der Waals surface area contributed by atoms with Gasteiger partial charge in [0.2, 0.25) is 5.91 Å². The second-order valence-electron chi connectivity index (χ2n) is 9.54. The summed E-state index contributed by atoms with van der Waals surface area (Å²) in [5.74, 6) is 0.848. The molecule has 4 rings (SSSR count). The van der Waals surface area contributed by atoms with Gasteiger partial charge in [0.1, 0.15) is 5.52 Å². The van der Waals surface area contributed by atoms with E-state index in [1.54, 1.807) is 0 Å². The van der Waals surface area contributed by atoms with E-state index in [-0.39, 0.29) is 17.9 Å². The van der Waals surface area contributed by atoms with Crippen LogP contribution >= 0.6 is 0 Å². The average Bonchev–Trinajstić information content (AvgIpc) is 3.24. The first-order chi connectivity index (χ1) is 14.2. The Labute approximate surface area is 176 Å². The van der Waals surface area contributed by atoms with Gasteiger partial charge in [-0.2, -0.15) is 4.98 Å². The van der Waals surface area contributed by atoms with Gasteiger partial charge in [0.25, 0.3) is 6.01 Å². The SMILES string of the molecule is CC(=O)N[C@@H](C)c1cc(C2CN(c3nc4ccc(CCC(C)(C)C)cc4o3)C2)no1. The zero-order valence-electron chi connectivity index (χ0n) is 18.4. The predicted molar refractivity (Wildman–Crippen MR) is 115 cm³/mol. The summed E-state index contributed by atoms with van der Waals surface area (Å²) in [5.41, 5.74) is 4.23. The van der Waals surface area contributed by atoms with E-state index >= 15 is 0 Å². The van der Waals surface area contributed by atoms with Gasteiger partial charge >= 0.3 is 0 Å². The number of amides is 1. The molecule has 0 saturated carbocycles. The Balaban J connectivity index is 1.38. The van der Waals surface area contributed by atoms with Crippen LogP contribution in [0.4, 0.5) is 6.01 Å². The maximum Gasteiger partial charge on any atom is 0.298 e. The third-order valence-corrected chi connectivity index (χ3v) is 5.57. The molecule has 7 nitrogen and oxygen atoms in total. The predicted octanol–water partition coefficient (Wildman–Crippen LogP) is 4.60. The Kier molecular flexibility index (Phi) is 5.30. The molecule has 1 N–H and O–H groups in total. The third kappa shape index (κ3) is 4.50. The zero-order valence-corrected chi connectivity index (χ0v) is 18.4. The molecule has 0 unspecified atom stereocenters. The van der Waals surface area contributed by atoms with E-state index in [9.17, 15) is 4.79 Å². The minimum Gasteiger partial charge on any atom is -0.423 e. The van der Waals surface area contributed by atoms with Crippen molar-refractivity contribution in [1.82, 2.24) is 15.5 Å². The fourth-order valence-corrected chi connectivity index (χ4v) is 3.67. The maximum absolute atomic E-state index is 11.2. The van der Waals surface area contributed by atoms with Crippen LogP contribution in [0.1, 0.15) is 70.0 Å². The fraction of sp³-hybridized carbons (Fsp3) is 0.522. The number of aromatic nitrogens is 2. The van der Waals surface area contributed by atoms with Crippen molar-refractivity contribution < 1.29 is 13.7 Å². The number of carbonyl (C=O) groups is 1. The molecule has 0 aliphatic carbocycles. The summed E-state index contributed by atoms with van der Waals surface area (Å²) in [6, 6.07) is 8.70. The Morgan fingerprint density at radius 1 is 1.30 bits per heavy atom. The van der Waals surface area contributed by atoms with Crippen molar-refractivity contribution >= 4 is 23.0 Å². The zero-order chi connectivity index (χ0) is 21.5. The van der Waals surface area contributed by atoms with Gasteiger partial charge in [-0.25, -0.2) is 0 Å². The summed E-state index contributed by atoms with van der Waals surface area (Å²) < 4.78 is 11.5. The lowest BCUT2D eigenvalue weighted by Crippen LogP contribution is -2.45. The van der Waals surface area contributed by atoms with Crippen molar-refractivity contribution in [1.29, 1.82) is 0 Å². The van der Waals surface area contributed by atoms with Gasteiger partial charge in [0, 0.05) is 32.0 Å². The number of benzene rings is 1. The van der Waals surface area contributed by atoms with Gasteiger partial charge in [-0.15, -0.1) is 0 Å². The van der Waals surface area contributed by atoms with Gasteiger partial charge in [0.15, 0.2) is 11.3 Å². The van der Waals surface area contributed by atoms with E-state index in [4.69, 9.17) is 8.94 Å². The van der Waals surface area contributed by atoms with Crippen LogP contribution < -0.4 is 10.2 Å². The van der Waals surface area contributed by atoms with E-state index in [0.717, 1.165) is 42.7 Å². The van der Waals surface area contributed by atoms with Crippen LogP contribution in [0.2, 0.25) is 0 Å². The van der Waals surface area contributed by atoms with Crippen LogP contribution in [0.15, 0.2) is 33.2 Å². The monoisotopic (exact) mass is 410 g/mol. The molecule has 3 heterocycles. The molecule has 1 atom stereocenters. The van der Waals surface area contributed by atoms with Crippen LogP contribution in [0.3, 0.4) is 0 Å². The molecule has 1 amide bonds. The van der Waals surface area contributed by atoms with E-state index < -0.39 is 0 Å². The summed E-state index contributed by atoms with van der Waals surface area (Å²) in [6.07, 6.45) is 2.17. The molecular formula is C23H30N4O3. The van der Waals surface area contributed by atoms with Gasteiger partial charge in [-0.05, 0) is 42.9 Å². The number of fused-ring (bicyclic) bond motifs is 1. The van der Waals surface area contributed by atoms with Crippen molar-refractivity contribution in [2.75, 3.05) is 18.0 Å². The summed E-state index contributed by atoms with van der Waals surface area (Å²) in [4.78, 5) is 18.0. The number of nitrogens with zero attached hydrogens (tertiary/aromatic N) is 3. The Bertz CT molecular complexity index is 1040. The third-order valence-electron chi connectivity index (χ3n) is 5.57. The summed E-state index contributed by atoms with van der Waals surface area (Å²) in [7, 11) is 0. The molecule has 30 heavy (non-hydrogen) atoms. The van der Waals surface area contributed by atoms with Crippen LogP contribution in [0.5, 0.6) is 0 Å². The highest BCUT2D eigenvalue weighted by atomic mass is 16.5. The number of hydrogen-bond acceptors (Lipinski definition) is 6. The van der Waals surface area contributed by atoms with Crippen LogP contribution in [0.25, 0.3) is 11.1 Å². The van der Waals surface area contributed by atoms with Crippen molar-refractivity contribution in [3.05, 3.63) is 41.3 Å². The molecule has 0 radical (unpaired) electrons. The Hall–Kier alpha value is -2.83. The highest BCUT2D eigenvalue weighted by Gasteiger charge is 2.34. The highest BCUT2D eigenvalue weighted by molar-refractivity contribution is 5.75. The molecule has 2 aromatic heterocycles. The van der Waals surface area contributed by atoms with Crippen LogP contribution in [-0.2, 0) is 11.2 Å². The molecule has 1 aliphatic heterocycles. The summed E-state index contributed by atoms with van der Waals surface area (Å²) in [5, 5.41) is 7.00. The number of hydrogen-bond donors (Lipinski definition) is 1. The van der Waals surface area contributed by atoms with E-state index in [0.29, 0.717) is 17.2 Å². The van der Waals surface area contributed by atoms with Crippen molar-refractivity contribution in [3.8, 4) is 0 Å². The summed E-state index contributed by atoms with van der Waals surface area (Å²) >= 11 is 0. The van der Waals surface area contributed by atoms with Gasteiger partial charge in [-0.3, -0.25) is 4.79 Å².